The van der Waals surface area contributed by atoms with E-state index in [9.17, 15) is 13.2 Å². The molecule has 0 saturated carbocycles. The van der Waals surface area contributed by atoms with E-state index >= 15 is 0 Å². The first-order valence-electron chi connectivity index (χ1n) is 6.79. The van der Waals surface area contributed by atoms with Gasteiger partial charge in [0.15, 0.2) is 10.9 Å². The zero-order valence-corrected chi connectivity index (χ0v) is 14.9. The Kier molecular flexibility index (Phi) is 4.81. The van der Waals surface area contributed by atoms with Crippen LogP contribution in [0.15, 0.2) is 44.5 Å². The predicted octanol–water partition coefficient (Wildman–Crippen LogP) is 2.84. The molecule has 2 N–H and O–H groups in total. The van der Waals surface area contributed by atoms with Crippen LogP contribution in [0.1, 0.15) is 21.1 Å². The Labute approximate surface area is 146 Å². The molecule has 0 spiro atoms. The van der Waals surface area contributed by atoms with Crippen LogP contribution >= 0.6 is 22.7 Å². The van der Waals surface area contributed by atoms with Gasteiger partial charge in [0.25, 0.3) is 15.9 Å². The van der Waals surface area contributed by atoms with E-state index in [1.54, 1.807) is 5.38 Å². The lowest BCUT2D eigenvalue weighted by Gasteiger charge is -2.02. The van der Waals surface area contributed by atoms with Crippen LogP contribution in [0, 0.1) is 6.92 Å². The summed E-state index contributed by atoms with van der Waals surface area (Å²) in [6.45, 7) is 1.98. The molecule has 3 aromatic heterocycles. The van der Waals surface area contributed by atoms with Gasteiger partial charge in [-0.1, -0.05) is 6.07 Å². The second-order valence-corrected chi connectivity index (χ2v) is 8.36. The number of carbonyl (C=O) groups excluding carboxylic acids is 1. The lowest BCUT2D eigenvalue weighted by molar-refractivity contribution is 0.0991. The third-order valence-electron chi connectivity index (χ3n) is 2.93. The topological polar surface area (TPSA) is 101 Å². The number of nitrogens with one attached hydrogen (secondary N) is 2. The normalized spacial score (nSPS) is 11.5. The van der Waals surface area contributed by atoms with Gasteiger partial charge >= 0.3 is 0 Å². The largest absolute Gasteiger partial charge is 0.438 e. The molecule has 0 aromatic carbocycles. The number of thiophene rings is 1. The Hall–Kier alpha value is -2.01. The minimum absolute atomic E-state index is 0.0978. The molecule has 10 heteroatoms. The van der Waals surface area contributed by atoms with Crippen molar-refractivity contribution in [3.63, 3.8) is 0 Å². The third-order valence-corrected chi connectivity index (χ3v) is 5.95. The summed E-state index contributed by atoms with van der Waals surface area (Å²) in [5.41, 5.74) is 0.788. The quantitative estimate of drug-likeness (QED) is 0.681. The highest BCUT2D eigenvalue weighted by molar-refractivity contribution is 7.89. The fourth-order valence-corrected chi connectivity index (χ4v) is 4.16. The van der Waals surface area contributed by atoms with E-state index in [-0.39, 0.29) is 17.4 Å². The monoisotopic (exact) mass is 383 g/mol. The van der Waals surface area contributed by atoms with Crippen LogP contribution in [-0.4, -0.2) is 19.3 Å². The van der Waals surface area contributed by atoms with E-state index in [4.69, 9.17) is 4.42 Å². The third kappa shape index (κ3) is 3.90. The summed E-state index contributed by atoms with van der Waals surface area (Å²) in [6, 6.07) is 6.22. The number of sulfonamides is 1. The average Bonchev–Trinajstić information content (AvgIpc) is 3.27. The van der Waals surface area contributed by atoms with Crippen LogP contribution in [0.5, 0.6) is 0 Å². The van der Waals surface area contributed by atoms with Gasteiger partial charge in [-0.15, -0.1) is 22.7 Å². The van der Waals surface area contributed by atoms with Crippen molar-refractivity contribution in [2.24, 2.45) is 0 Å². The van der Waals surface area contributed by atoms with Crippen LogP contribution in [0.3, 0.4) is 0 Å². The minimum Gasteiger partial charge on any atom is -0.438 e. The summed E-state index contributed by atoms with van der Waals surface area (Å²) in [5.74, 6) is -0.650. The number of nitrogens with zero attached hydrogens (tertiary/aromatic N) is 1. The highest BCUT2D eigenvalue weighted by Gasteiger charge is 2.21. The molecule has 1 amide bonds. The Balaban J connectivity index is 1.68. The Morgan fingerprint density at radius 1 is 1.29 bits per heavy atom. The van der Waals surface area contributed by atoms with Gasteiger partial charge in [-0.3, -0.25) is 10.1 Å². The van der Waals surface area contributed by atoms with Crippen LogP contribution in [0.4, 0.5) is 5.13 Å². The van der Waals surface area contributed by atoms with Gasteiger partial charge in [0.2, 0.25) is 5.09 Å². The first kappa shape index (κ1) is 16.8. The molecule has 3 rings (SSSR count). The first-order chi connectivity index (χ1) is 11.4. The molecule has 0 aliphatic rings. The van der Waals surface area contributed by atoms with Crippen molar-refractivity contribution in [3.8, 4) is 0 Å². The van der Waals surface area contributed by atoms with Crippen LogP contribution in [0.25, 0.3) is 0 Å². The second-order valence-electron chi connectivity index (χ2n) is 4.77. The maximum Gasteiger partial charge on any atom is 0.293 e. The summed E-state index contributed by atoms with van der Waals surface area (Å²) in [5, 5.41) is 6.33. The van der Waals surface area contributed by atoms with Crippen molar-refractivity contribution in [3.05, 3.63) is 51.4 Å². The number of anilines is 1. The van der Waals surface area contributed by atoms with E-state index in [2.05, 4.69) is 15.0 Å². The number of rotatable bonds is 6. The molecule has 24 heavy (non-hydrogen) atoms. The molecular weight excluding hydrogens is 370 g/mol. The van der Waals surface area contributed by atoms with Crippen molar-refractivity contribution < 1.29 is 17.6 Å². The standard InChI is InChI=1S/C14H13N3O4S3/c1-9-8-23-14(16-9)17-13(18)11-4-5-12(21-11)24(19,20)15-7-10-3-2-6-22-10/h2-6,8,15H,7H2,1H3,(H,16,17,18). The van der Waals surface area contributed by atoms with Gasteiger partial charge in [-0.25, -0.2) is 18.1 Å². The van der Waals surface area contributed by atoms with Gasteiger partial charge in [0, 0.05) is 16.8 Å². The number of aromatic nitrogens is 1. The van der Waals surface area contributed by atoms with Crippen LogP contribution in [0.2, 0.25) is 0 Å². The smallest absolute Gasteiger partial charge is 0.293 e. The van der Waals surface area contributed by atoms with Crippen molar-refractivity contribution in [1.29, 1.82) is 0 Å². The number of aryl methyl sites for hydroxylation is 1. The van der Waals surface area contributed by atoms with Crippen molar-refractivity contribution in [2.75, 3.05) is 5.32 Å². The Bertz CT molecular complexity index is 942. The molecule has 0 aliphatic carbocycles. The molecule has 0 atom stereocenters. The fraction of sp³-hybridized carbons (Fsp3) is 0.143. The van der Waals surface area contributed by atoms with E-state index in [1.165, 1.54) is 34.8 Å². The number of thiazole rings is 1. The lowest BCUT2D eigenvalue weighted by Crippen LogP contribution is -2.22. The predicted molar refractivity (Wildman–Crippen MR) is 91.9 cm³/mol. The zero-order valence-electron chi connectivity index (χ0n) is 12.5. The summed E-state index contributed by atoms with van der Waals surface area (Å²) in [6.07, 6.45) is 0. The van der Waals surface area contributed by atoms with E-state index in [0.717, 1.165) is 10.6 Å². The molecule has 7 nitrogen and oxygen atoms in total. The Morgan fingerprint density at radius 3 is 2.79 bits per heavy atom. The SMILES string of the molecule is Cc1csc(NC(=O)c2ccc(S(=O)(=O)NCc3cccs3)o2)n1. The maximum atomic E-state index is 12.2. The Morgan fingerprint density at radius 2 is 2.12 bits per heavy atom. The number of amides is 1. The van der Waals surface area contributed by atoms with E-state index in [0.29, 0.717) is 5.13 Å². The van der Waals surface area contributed by atoms with Crippen LogP contribution in [-0.2, 0) is 16.6 Å². The van der Waals surface area contributed by atoms with Gasteiger partial charge in [0.1, 0.15) is 0 Å². The molecule has 126 valence electrons. The molecule has 0 fully saturated rings. The van der Waals surface area contributed by atoms with Gasteiger partial charge in [-0.2, -0.15) is 0 Å². The molecule has 3 heterocycles. The number of furan rings is 1. The van der Waals surface area contributed by atoms with Gasteiger partial charge < -0.3 is 4.42 Å². The van der Waals surface area contributed by atoms with E-state index in [1.807, 2.05) is 24.4 Å². The fourth-order valence-electron chi connectivity index (χ4n) is 1.81. The minimum atomic E-state index is -3.82. The average molecular weight is 383 g/mol. The number of hydrogen-bond donors (Lipinski definition) is 2. The second kappa shape index (κ2) is 6.85. The lowest BCUT2D eigenvalue weighted by atomic mass is 10.4. The summed E-state index contributed by atoms with van der Waals surface area (Å²) in [7, 11) is -3.82. The first-order valence-corrected chi connectivity index (χ1v) is 10.0. The van der Waals surface area contributed by atoms with Gasteiger partial charge in [-0.05, 0) is 30.5 Å². The molecule has 0 unspecified atom stereocenters. The molecule has 0 radical (unpaired) electrons. The number of hydrogen-bond acceptors (Lipinski definition) is 7. The molecular formula is C14H13N3O4S3. The van der Waals surface area contributed by atoms with Gasteiger partial charge in [0.05, 0.1) is 5.69 Å². The highest BCUT2D eigenvalue weighted by atomic mass is 32.2. The molecule has 0 bridgehead atoms. The number of carbonyl (C=O) groups is 1. The molecule has 3 aromatic rings. The zero-order chi connectivity index (χ0) is 17.2. The summed E-state index contributed by atoms with van der Waals surface area (Å²) >= 11 is 2.72. The molecule has 0 aliphatic heterocycles. The van der Waals surface area contributed by atoms with Crippen molar-refractivity contribution in [2.45, 2.75) is 18.6 Å². The van der Waals surface area contributed by atoms with Crippen molar-refractivity contribution >= 4 is 43.7 Å². The van der Waals surface area contributed by atoms with Crippen LogP contribution < -0.4 is 10.0 Å². The maximum absolute atomic E-state index is 12.2. The highest BCUT2D eigenvalue weighted by Crippen LogP contribution is 2.19. The molecule has 0 saturated heterocycles. The summed E-state index contributed by atoms with van der Waals surface area (Å²) in [4.78, 5) is 17.0. The van der Waals surface area contributed by atoms with E-state index < -0.39 is 15.9 Å². The van der Waals surface area contributed by atoms with Crippen molar-refractivity contribution in [1.82, 2.24) is 9.71 Å². The summed E-state index contributed by atoms with van der Waals surface area (Å²) < 4.78 is 32.0.